The smallest absolute Gasteiger partial charge is 0.475 e. The first kappa shape index (κ1) is 31.7. The van der Waals surface area contributed by atoms with E-state index in [1.54, 1.807) is 0 Å². The molecule has 0 fully saturated rings. The quantitative estimate of drug-likeness (QED) is 0.110. The number of fused-ring (bicyclic) bond motifs is 1. The summed E-state index contributed by atoms with van der Waals surface area (Å²) in [6, 6.07) is -0.221. The zero-order valence-corrected chi connectivity index (χ0v) is 20.7. The molecule has 1 aromatic rings. The van der Waals surface area contributed by atoms with E-state index in [0.29, 0.717) is 0 Å². The monoisotopic (exact) mass is 604 g/mol. The van der Waals surface area contributed by atoms with Crippen LogP contribution in [0.2, 0.25) is 0 Å². The van der Waals surface area contributed by atoms with Gasteiger partial charge in [0.05, 0.1) is 5.57 Å². The summed E-state index contributed by atoms with van der Waals surface area (Å²) in [6.07, 6.45) is -9.50. The van der Waals surface area contributed by atoms with E-state index in [1.807, 2.05) is 0 Å². The molecule has 222 valence electrons. The number of aryl methyl sites for hydroxylation is 1. The third kappa shape index (κ3) is 9.30. The number of carbonyl (C=O) groups excluding carboxylic acids is 2. The van der Waals surface area contributed by atoms with Crippen LogP contribution in [-0.2, 0) is 23.8 Å². The largest absolute Gasteiger partial charge is 0.511 e. The molecule has 1 aliphatic rings. The van der Waals surface area contributed by atoms with E-state index in [-0.39, 0.29) is 44.5 Å². The number of benzene rings is 1. The minimum Gasteiger partial charge on any atom is -0.475 e. The average molecular weight is 604 g/mol. The summed E-state index contributed by atoms with van der Waals surface area (Å²) in [7, 11) is -8.75. The minimum absolute atomic E-state index is 0.0488. The molecule has 11 nitrogen and oxygen atoms in total. The van der Waals surface area contributed by atoms with E-state index in [4.69, 9.17) is 0 Å². The van der Waals surface area contributed by atoms with Crippen LogP contribution in [0.1, 0.15) is 11.1 Å². The fourth-order valence-corrected chi connectivity index (χ4v) is 3.76. The summed E-state index contributed by atoms with van der Waals surface area (Å²) < 4.78 is 125. The standard InChI is InChI=1S/C19H20F8N2O9S/c1-11-7-13(39(23,24,25,26)27)8-12-9-14(16(19(20,21)22)38-15(11)12)17(30)35-10-36-18(31)34-5-3-28(2)4-6-37-29(32)33/h7-9,16H,3-6,10H2,1-2H3/t16-/m0/s1. The average Bonchev–Trinajstić information content (AvgIpc) is 2.75. The summed E-state index contributed by atoms with van der Waals surface area (Å²) in [5.41, 5.74) is -2.99. The van der Waals surface area contributed by atoms with Crippen LogP contribution in [0.4, 0.5) is 37.4 Å². The Morgan fingerprint density at radius 1 is 1.08 bits per heavy atom. The van der Waals surface area contributed by atoms with Crippen LogP contribution in [-0.4, -0.2) is 74.5 Å². The number of likely N-dealkylation sites (N-methyl/N-ethyl adjacent to an activating group) is 1. The van der Waals surface area contributed by atoms with Crippen molar-refractivity contribution in [2.75, 3.05) is 40.1 Å². The van der Waals surface area contributed by atoms with Gasteiger partial charge < -0.3 is 28.7 Å². The van der Waals surface area contributed by atoms with Crippen LogP contribution in [0.25, 0.3) is 6.08 Å². The maximum atomic E-state index is 13.5. The third-order valence-electron chi connectivity index (χ3n) is 4.81. The molecular weight excluding hydrogens is 584 g/mol. The summed E-state index contributed by atoms with van der Waals surface area (Å²) >= 11 is 0. The third-order valence-corrected chi connectivity index (χ3v) is 5.94. The Balaban J connectivity index is 2.07. The Bertz CT molecular complexity index is 1160. The number of ether oxygens (including phenoxy) is 4. The van der Waals surface area contributed by atoms with Gasteiger partial charge in [-0.15, -0.1) is 10.1 Å². The van der Waals surface area contributed by atoms with Crippen LogP contribution < -0.4 is 4.74 Å². The molecule has 0 unspecified atom stereocenters. The van der Waals surface area contributed by atoms with Gasteiger partial charge in [-0.1, -0.05) is 19.4 Å². The molecule has 0 N–H and O–H groups in total. The predicted octanol–water partition coefficient (Wildman–Crippen LogP) is 5.15. The van der Waals surface area contributed by atoms with Crippen molar-refractivity contribution in [3.8, 4) is 5.75 Å². The Morgan fingerprint density at radius 3 is 2.26 bits per heavy atom. The molecule has 1 heterocycles. The highest BCUT2D eigenvalue weighted by molar-refractivity contribution is 8.45. The van der Waals surface area contributed by atoms with Crippen molar-refractivity contribution in [2.45, 2.75) is 24.1 Å². The molecule has 0 spiro atoms. The molecule has 20 heteroatoms. The summed E-state index contributed by atoms with van der Waals surface area (Å²) in [6.45, 7) is -0.930. The first-order valence-corrected chi connectivity index (χ1v) is 12.3. The Labute approximate surface area is 214 Å². The van der Waals surface area contributed by atoms with Crippen molar-refractivity contribution in [2.24, 2.45) is 0 Å². The van der Waals surface area contributed by atoms with Crippen LogP contribution in [0, 0.1) is 17.0 Å². The molecule has 1 atom stereocenters. The van der Waals surface area contributed by atoms with Crippen molar-refractivity contribution in [3.05, 3.63) is 38.9 Å². The van der Waals surface area contributed by atoms with Gasteiger partial charge in [0.1, 0.15) is 23.9 Å². The van der Waals surface area contributed by atoms with Gasteiger partial charge in [0, 0.05) is 18.7 Å². The number of carbonyl (C=O) groups is 2. The van der Waals surface area contributed by atoms with Crippen LogP contribution >= 0.6 is 10.2 Å². The molecule has 0 radical (unpaired) electrons. The molecule has 39 heavy (non-hydrogen) atoms. The van der Waals surface area contributed by atoms with Crippen molar-refractivity contribution in [1.82, 2.24) is 4.90 Å². The van der Waals surface area contributed by atoms with Gasteiger partial charge in [0.25, 0.3) is 5.09 Å². The molecule has 0 saturated carbocycles. The maximum Gasteiger partial charge on any atom is 0.511 e. The number of rotatable bonds is 11. The van der Waals surface area contributed by atoms with Gasteiger partial charge >= 0.3 is 28.5 Å². The minimum atomic E-state index is -10.2. The second-order valence-corrected chi connectivity index (χ2v) is 10.3. The van der Waals surface area contributed by atoms with E-state index in [1.165, 1.54) is 11.9 Å². The van der Waals surface area contributed by atoms with Gasteiger partial charge in [-0.25, -0.2) is 9.59 Å². The highest BCUT2D eigenvalue weighted by Crippen LogP contribution is 3.02. The number of halogens is 8. The van der Waals surface area contributed by atoms with E-state index in [9.17, 15) is 52.3 Å². The lowest BCUT2D eigenvalue weighted by molar-refractivity contribution is -0.757. The van der Waals surface area contributed by atoms with Crippen molar-refractivity contribution >= 4 is 28.4 Å². The number of alkyl halides is 3. The molecule has 0 bridgehead atoms. The van der Waals surface area contributed by atoms with Crippen LogP contribution in [0.3, 0.4) is 0 Å². The van der Waals surface area contributed by atoms with Gasteiger partial charge in [-0.05, 0) is 37.7 Å². The van der Waals surface area contributed by atoms with Gasteiger partial charge in [0.2, 0.25) is 12.9 Å². The Hall–Kier alpha value is -3.55. The molecule has 0 aromatic heterocycles. The van der Waals surface area contributed by atoms with Gasteiger partial charge in [-0.2, -0.15) is 13.2 Å². The molecular formula is C19H20F8N2O9S. The van der Waals surface area contributed by atoms with Gasteiger partial charge in [-0.3, -0.25) is 0 Å². The van der Waals surface area contributed by atoms with Crippen molar-refractivity contribution in [3.63, 3.8) is 0 Å². The molecule has 0 amide bonds. The Morgan fingerprint density at radius 2 is 1.69 bits per heavy atom. The summed E-state index contributed by atoms with van der Waals surface area (Å²) in [5, 5.41) is 9.05. The molecule has 0 saturated heterocycles. The molecule has 1 aliphatic heterocycles. The fourth-order valence-electron chi connectivity index (χ4n) is 3.02. The zero-order valence-electron chi connectivity index (χ0n) is 19.8. The van der Waals surface area contributed by atoms with E-state index in [2.05, 4.69) is 23.8 Å². The number of hydrogen-bond acceptors (Lipinski definition) is 10. The second kappa shape index (κ2) is 10.5. The maximum absolute atomic E-state index is 13.5. The van der Waals surface area contributed by atoms with E-state index < -0.39 is 73.9 Å². The van der Waals surface area contributed by atoms with Crippen molar-refractivity contribution in [1.29, 1.82) is 0 Å². The highest BCUT2D eigenvalue weighted by Gasteiger charge is 2.65. The van der Waals surface area contributed by atoms with Crippen molar-refractivity contribution < 1.29 is 71.1 Å². The Kier molecular flexibility index (Phi) is 8.56. The van der Waals surface area contributed by atoms with Gasteiger partial charge in [0.15, 0.2) is 0 Å². The lowest BCUT2D eigenvalue weighted by atomic mass is 9.99. The molecule has 1 aromatic carbocycles. The topological polar surface area (TPSA) is 127 Å². The predicted molar refractivity (Wildman–Crippen MR) is 115 cm³/mol. The van der Waals surface area contributed by atoms with Crippen LogP contribution in [0.15, 0.2) is 22.6 Å². The van der Waals surface area contributed by atoms with E-state index >= 15 is 0 Å². The first-order valence-electron chi connectivity index (χ1n) is 10.3. The highest BCUT2D eigenvalue weighted by atomic mass is 32.5. The summed E-state index contributed by atoms with van der Waals surface area (Å²) in [5.74, 6) is -2.65. The molecule has 0 aliphatic carbocycles. The molecule has 2 rings (SSSR count). The zero-order chi connectivity index (χ0) is 29.9. The lowest BCUT2D eigenvalue weighted by Crippen LogP contribution is -2.41. The number of nitrogens with zero attached hydrogens (tertiary/aromatic N) is 2. The fraction of sp³-hybridized carbons (Fsp3) is 0.474. The first-order chi connectivity index (χ1) is 17.6. The summed E-state index contributed by atoms with van der Waals surface area (Å²) in [4.78, 5) is 37.0. The number of esters is 1. The lowest BCUT2D eigenvalue weighted by Gasteiger charge is -2.41. The normalized spacial score (nSPS) is 17.1. The van der Waals surface area contributed by atoms with Crippen LogP contribution in [0.5, 0.6) is 5.75 Å². The SMILES string of the molecule is Cc1cc(S(F)(F)(F)(F)F)cc2c1O[C@H](C(F)(F)F)C(C(=O)OCOC(=O)OCCN(C)CCO[N+](=O)[O-])=C2. The number of hydrogen-bond donors (Lipinski definition) is 0. The second-order valence-electron chi connectivity index (χ2n) is 7.92. The van der Waals surface area contributed by atoms with E-state index in [0.717, 1.165) is 6.92 Å².